The minimum atomic E-state index is -1.11. The Morgan fingerprint density at radius 3 is 2.68 bits per heavy atom. The largest absolute Gasteiger partial charge is 0.482 e. The fourth-order valence-electron chi connectivity index (χ4n) is 1.34. The summed E-state index contributed by atoms with van der Waals surface area (Å²) >= 11 is 0. The number of hydrogen-bond acceptors (Lipinski definition) is 5. The van der Waals surface area contributed by atoms with Crippen LogP contribution in [0.15, 0.2) is 18.2 Å². The smallest absolute Gasteiger partial charge is 0.344 e. The molecule has 1 aromatic carbocycles. The Balaban J connectivity index is 2.48. The molecule has 0 amide bonds. The molecule has 0 aromatic heterocycles. The van der Waals surface area contributed by atoms with Crippen LogP contribution >= 0.6 is 0 Å². The maximum atomic E-state index is 11.3. The van der Waals surface area contributed by atoms with E-state index in [9.17, 15) is 9.59 Å². The average molecular weight is 267 g/mol. The molecule has 1 rings (SSSR count). The van der Waals surface area contributed by atoms with Crippen molar-refractivity contribution in [3.05, 3.63) is 23.8 Å². The molecule has 0 atom stereocenters. The van der Waals surface area contributed by atoms with E-state index in [0.29, 0.717) is 12.4 Å². The van der Waals surface area contributed by atoms with Crippen molar-refractivity contribution in [2.45, 2.75) is 19.8 Å². The van der Waals surface area contributed by atoms with Crippen LogP contribution in [0, 0.1) is 0 Å². The van der Waals surface area contributed by atoms with Gasteiger partial charge in [-0.05, 0) is 18.6 Å². The van der Waals surface area contributed by atoms with E-state index in [4.69, 9.17) is 20.3 Å². The molecule has 3 N–H and O–H groups in total. The van der Waals surface area contributed by atoms with Gasteiger partial charge in [-0.1, -0.05) is 13.3 Å². The molecule has 0 aliphatic rings. The molecule has 0 radical (unpaired) electrons. The van der Waals surface area contributed by atoms with Crippen molar-refractivity contribution in [3.63, 3.8) is 0 Å². The summed E-state index contributed by atoms with van der Waals surface area (Å²) in [7, 11) is 0. The first-order valence-corrected chi connectivity index (χ1v) is 5.95. The number of rotatable bonds is 7. The first-order valence-electron chi connectivity index (χ1n) is 5.95. The lowest BCUT2D eigenvalue weighted by molar-refractivity contribution is -0.146. The van der Waals surface area contributed by atoms with E-state index in [2.05, 4.69) is 0 Å². The number of nitrogen functional groups attached to an aromatic ring is 1. The zero-order valence-corrected chi connectivity index (χ0v) is 10.7. The third-order valence-electron chi connectivity index (χ3n) is 2.37. The van der Waals surface area contributed by atoms with Crippen LogP contribution in [0.1, 0.15) is 30.1 Å². The Bertz CT molecular complexity index is 458. The third-order valence-corrected chi connectivity index (χ3v) is 2.37. The SMILES string of the molecule is CCCCOC(=O)COc1ccc(C(=O)O)c(N)c1. The van der Waals surface area contributed by atoms with Gasteiger partial charge in [-0.3, -0.25) is 0 Å². The molecule has 0 bridgehead atoms. The maximum absolute atomic E-state index is 11.3. The first kappa shape index (κ1) is 14.8. The van der Waals surface area contributed by atoms with Crippen LogP contribution in [0.3, 0.4) is 0 Å². The van der Waals surface area contributed by atoms with E-state index in [-0.39, 0.29) is 17.9 Å². The summed E-state index contributed by atoms with van der Waals surface area (Å²) in [5, 5.41) is 8.80. The molecule has 0 fully saturated rings. The highest BCUT2D eigenvalue weighted by molar-refractivity contribution is 5.93. The summed E-state index contributed by atoms with van der Waals surface area (Å²) in [6.07, 6.45) is 1.76. The van der Waals surface area contributed by atoms with E-state index in [1.165, 1.54) is 18.2 Å². The van der Waals surface area contributed by atoms with Crippen molar-refractivity contribution >= 4 is 17.6 Å². The predicted octanol–water partition coefficient (Wildman–Crippen LogP) is 1.69. The lowest BCUT2D eigenvalue weighted by atomic mass is 10.2. The average Bonchev–Trinajstić information content (AvgIpc) is 2.36. The Morgan fingerprint density at radius 1 is 1.37 bits per heavy atom. The van der Waals surface area contributed by atoms with Gasteiger partial charge in [0.25, 0.3) is 0 Å². The van der Waals surface area contributed by atoms with Gasteiger partial charge in [0.05, 0.1) is 12.2 Å². The summed E-state index contributed by atoms with van der Waals surface area (Å²) in [6, 6.07) is 4.14. The molecular weight excluding hydrogens is 250 g/mol. The van der Waals surface area contributed by atoms with Crippen molar-refractivity contribution in [2.75, 3.05) is 18.9 Å². The number of hydrogen-bond donors (Lipinski definition) is 2. The molecular formula is C13H17NO5. The second-order valence-corrected chi connectivity index (χ2v) is 3.92. The summed E-state index contributed by atoms with van der Waals surface area (Å²) in [5.41, 5.74) is 5.64. The summed E-state index contributed by atoms with van der Waals surface area (Å²) in [5.74, 6) is -1.24. The standard InChI is InChI=1S/C13H17NO5/c1-2-3-6-18-12(15)8-19-9-4-5-10(13(16)17)11(14)7-9/h4-5,7H,2-3,6,8,14H2,1H3,(H,16,17). The Kier molecular flexibility index (Phi) is 5.66. The number of carboxylic acids is 1. The highest BCUT2D eigenvalue weighted by Crippen LogP contribution is 2.19. The van der Waals surface area contributed by atoms with Crippen LogP contribution in [-0.4, -0.2) is 30.3 Å². The maximum Gasteiger partial charge on any atom is 0.344 e. The zero-order chi connectivity index (χ0) is 14.3. The van der Waals surface area contributed by atoms with Crippen molar-refractivity contribution in [3.8, 4) is 5.75 Å². The fraction of sp³-hybridized carbons (Fsp3) is 0.385. The predicted molar refractivity (Wildman–Crippen MR) is 69.2 cm³/mol. The van der Waals surface area contributed by atoms with Gasteiger partial charge in [0.2, 0.25) is 0 Å². The van der Waals surface area contributed by atoms with Gasteiger partial charge in [0, 0.05) is 11.8 Å². The van der Waals surface area contributed by atoms with Gasteiger partial charge in [0.15, 0.2) is 6.61 Å². The molecule has 0 aliphatic carbocycles. The number of carbonyl (C=O) groups excluding carboxylic acids is 1. The van der Waals surface area contributed by atoms with Crippen LogP contribution < -0.4 is 10.5 Å². The number of anilines is 1. The molecule has 104 valence electrons. The first-order chi connectivity index (χ1) is 9.04. The normalized spacial score (nSPS) is 9.95. The van der Waals surface area contributed by atoms with Gasteiger partial charge in [0.1, 0.15) is 5.75 Å². The minimum Gasteiger partial charge on any atom is -0.482 e. The number of esters is 1. The van der Waals surface area contributed by atoms with E-state index >= 15 is 0 Å². The third kappa shape index (κ3) is 4.87. The molecule has 1 aromatic rings. The number of carbonyl (C=O) groups is 2. The van der Waals surface area contributed by atoms with Crippen molar-refractivity contribution in [2.24, 2.45) is 0 Å². The molecule has 0 saturated heterocycles. The van der Waals surface area contributed by atoms with Gasteiger partial charge < -0.3 is 20.3 Å². The number of nitrogens with two attached hydrogens (primary N) is 1. The number of carboxylic acid groups (broad SMARTS) is 1. The van der Waals surface area contributed by atoms with E-state index in [1.807, 2.05) is 6.92 Å². The highest BCUT2D eigenvalue weighted by Gasteiger charge is 2.09. The van der Waals surface area contributed by atoms with Crippen LogP contribution in [0.4, 0.5) is 5.69 Å². The van der Waals surface area contributed by atoms with Crippen LogP contribution in [0.25, 0.3) is 0 Å². The van der Waals surface area contributed by atoms with E-state index in [1.54, 1.807) is 0 Å². The molecule has 6 nitrogen and oxygen atoms in total. The minimum absolute atomic E-state index is 0.00197. The van der Waals surface area contributed by atoms with Crippen molar-refractivity contribution < 1.29 is 24.2 Å². The molecule has 19 heavy (non-hydrogen) atoms. The summed E-state index contributed by atoms with van der Waals surface area (Å²) in [6.45, 7) is 2.14. The number of unbranched alkanes of at least 4 members (excludes halogenated alkanes) is 1. The lowest BCUT2D eigenvalue weighted by Crippen LogP contribution is -2.15. The van der Waals surface area contributed by atoms with Gasteiger partial charge in [-0.25, -0.2) is 9.59 Å². The molecule has 0 heterocycles. The number of ether oxygens (including phenoxy) is 2. The summed E-state index contributed by atoms with van der Waals surface area (Å²) < 4.78 is 10.1. The monoisotopic (exact) mass is 267 g/mol. The van der Waals surface area contributed by atoms with E-state index in [0.717, 1.165) is 12.8 Å². The van der Waals surface area contributed by atoms with E-state index < -0.39 is 11.9 Å². The van der Waals surface area contributed by atoms with Crippen LogP contribution in [0.5, 0.6) is 5.75 Å². The molecule has 6 heteroatoms. The van der Waals surface area contributed by atoms with Crippen molar-refractivity contribution in [1.82, 2.24) is 0 Å². The second kappa shape index (κ2) is 7.25. The van der Waals surface area contributed by atoms with Crippen molar-refractivity contribution in [1.29, 1.82) is 0 Å². The highest BCUT2D eigenvalue weighted by atomic mass is 16.6. The number of benzene rings is 1. The van der Waals surface area contributed by atoms with Crippen LogP contribution in [-0.2, 0) is 9.53 Å². The quantitative estimate of drug-likeness (QED) is 0.443. The lowest BCUT2D eigenvalue weighted by Gasteiger charge is -2.08. The Labute approximate surface area is 111 Å². The Hall–Kier alpha value is -2.24. The number of aromatic carboxylic acids is 1. The molecule has 0 saturated carbocycles. The molecule has 0 aliphatic heterocycles. The summed E-state index contributed by atoms with van der Waals surface area (Å²) in [4.78, 5) is 22.0. The molecule has 0 unspecified atom stereocenters. The van der Waals surface area contributed by atoms with Crippen LogP contribution in [0.2, 0.25) is 0 Å². The van der Waals surface area contributed by atoms with Gasteiger partial charge >= 0.3 is 11.9 Å². The van der Waals surface area contributed by atoms with Gasteiger partial charge in [-0.2, -0.15) is 0 Å². The van der Waals surface area contributed by atoms with Gasteiger partial charge in [-0.15, -0.1) is 0 Å². The molecule has 0 spiro atoms. The fourth-order valence-corrected chi connectivity index (χ4v) is 1.34. The topological polar surface area (TPSA) is 98.8 Å². The second-order valence-electron chi connectivity index (χ2n) is 3.92. The Morgan fingerprint density at radius 2 is 2.11 bits per heavy atom. The zero-order valence-electron chi connectivity index (χ0n) is 10.7.